The molecule has 21 heavy (non-hydrogen) atoms. The molecular formula is C17H21INOP. The molecule has 0 radical (unpaired) electrons. The smallest absolute Gasteiger partial charge is 0.175 e. The van der Waals surface area contributed by atoms with Gasteiger partial charge in [0.1, 0.15) is 0 Å². The molecule has 2 aromatic rings. The number of hydrogen-bond donors (Lipinski definition) is 0. The first-order chi connectivity index (χ1) is 9.94. The van der Waals surface area contributed by atoms with Gasteiger partial charge in [-0.05, 0) is 19.5 Å². The molecule has 0 heterocycles. The van der Waals surface area contributed by atoms with Crippen molar-refractivity contribution in [2.24, 2.45) is 0 Å². The van der Waals surface area contributed by atoms with Crippen molar-refractivity contribution in [3.8, 4) is 0 Å². The average molecular weight is 413 g/mol. The molecule has 0 aliphatic rings. The first kappa shape index (κ1) is 16.7. The standard InChI is InChI=1S/C17H21INOP/c1-14(17(18)15-10-6-4-7-11-15)19(2)21(3,20)16-12-8-5-9-13-16/h4-14,17H,1-3H3/t14-,17+,21+/m0/s1. The molecule has 0 N–H and O–H groups in total. The lowest BCUT2D eigenvalue weighted by Gasteiger charge is -2.34. The molecule has 0 amide bonds. The summed E-state index contributed by atoms with van der Waals surface area (Å²) in [5.41, 5.74) is 1.27. The molecule has 0 aliphatic heterocycles. The first-order valence-corrected chi connectivity index (χ1v) is 10.4. The van der Waals surface area contributed by atoms with Crippen LogP contribution in [0, 0.1) is 0 Å². The summed E-state index contributed by atoms with van der Waals surface area (Å²) in [6.07, 6.45) is 0. The average Bonchev–Trinajstić information content (AvgIpc) is 2.54. The molecule has 0 spiro atoms. The normalized spacial score (nSPS) is 17.2. The first-order valence-electron chi connectivity index (χ1n) is 7.00. The van der Waals surface area contributed by atoms with Crippen molar-refractivity contribution in [1.29, 1.82) is 0 Å². The summed E-state index contributed by atoms with van der Waals surface area (Å²) in [5, 5.41) is 0.913. The summed E-state index contributed by atoms with van der Waals surface area (Å²) >= 11 is 2.45. The highest BCUT2D eigenvalue weighted by molar-refractivity contribution is 14.1. The van der Waals surface area contributed by atoms with E-state index in [-0.39, 0.29) is 6.04 Å². The Kier molecular flexibility index (Phi) is 5.64. The summed E-state index contributed by atoms with van der Waals surface area (Å²) in [5.74, 6) is 0. The molecule has 0 bridgehead atoms. The molecule has 2 nitrogen and oxygen atoms in total. The Morgan fingerprint density at radius 2 is 1.48 bits per heavy atom. The monoisotopic (exact) mass is 413 g/mol. The third-order valence-electron chi connectivity index (χ3n) is 3.97. The van der Waals surface area contributed by atoms with E-state index in [2.05, 4.69) is 53.8 Å². The molecule has 0 unspecified atom stereocenters. The number of hydrogen-bond acceptors (Lipinski definition) is 1. The summed E-state index contributed by atoms with van der Waals surface area (Å²) in [6.45, 7) is 4.00. The zero-order chi connectivity index (χ0) is 15.5. The molecule has 2 aromatic carbocycles. The summed E-state index contributed by atoms with van der Waals surface area (Å²) in [7, 11) is -0.573. The fraction of sp³-hybridized carbons (Fsp3) is 0.294. The lowest BCUT2D eigenvalue weighted by atomic mass is 10.1. The summed E-state index contributed by atoms with van der Waals surface area (Å²) in [6, 6.07) is 20.3. The van der Waals surface area contributed by atoms with Crippen LogP contribution in [0.1, 0.15) is 16.4 Å². The second-order valence-corrected chi connectivity index (χ2v) is 9.59. The third kappa shape index (κ3) is 3.77. The van der Waals surface area contributed by atoms with Crippen LogP contribution in [0.25, 0.3) is 0 Å². The number of rotatable bonds is 5. The van der Waals surface area contributed by atoms with Crippen LogP contribution in [0.5, 0.6) is 0 Å². The van der Waals surface area contributed by atoms with Crippen LogP contribution in [0.2, 0.25) is 0 Å². The highest BCUT2D eigenvalue weighted by atomic mass is 127. The second kappa shape index (κ2) is 7.08. The van der Waals surface area contributed by atoms with E-state index in [9.17, 15) is 4.57 Å². The molecule has 0 aliphatic carbocycles. The van der Waals surface area contributed by atoms with E-state index in [1.807, 2.05) is 54.8 Å². The summed E-state index contributed by atoms with van der Waals surface area (Å²) < 4.78 is 15.5. The topological polar surface area (TPSA) is 20.3 Å². The highest BCUT2D eigenvalue weighted by Crippen LogP contribution is 2.47. The molecule has 2 rings (SSSR count). The lowest BCUT2D eigenvalue weighted by molar-refractivity contribution is 0.394. The minimum atomic E-state index is -2.54. The minimum Gasteiger partial charge on any atom is -0.302 e. The van der Waals surface area contributed by atoms with Crippen LogP contribution in [0.15, 0.2) is 60.7 Å². The van der Waals surface area contributed by atoms with Gasteiger partial charge in [0, 0.05) is 18.0 Å². The predicted octanol–water partition coefficient (Wildman–Crippen LogP) is 4.72. The predicted molar refractivity (Wildman–Crippen MR) is 100 cm³/mol. The van der Waals surface area contributed by atoms with Crippen molar-refractivity contribution >= 4 is 35.2 Å². The second-order valence-electron chi connectivity index (χ2n) is 5.34. The number of benzene rings is 2. The molecule has 112 valence electrons. The summed E-state index contributed by atoms with van der Waals surface area (Å²) in [4.78, 5) is 0. The van der Waals surface area contributed by atoms with Crippen molar-refractivity contribution in [2.45, 2.75) is 16.9 Å². The van der Waals surface area contributed by atoms with Crippen molar-refractivity contribution in [3.63, 3.8) is 0 Å². The fourth-order valence-corrected chi connectivity index (χ4v) is 5.41. The van der Waals surface area contributed by atoms with Gasteiger partial charge in [0.2, 0.25) is 0 Å². The van der Waals surface area contributed by atoms with E-state index in [0.717, 1.165) is 5.30 Å². The van der Waals surface area contributed by atoms with Gasteiger partial charge in [-0.1, -0.05) is 83.3 Å². The molecule has 0 saturated heterocycles. The van der Waals surface area contributed by atoms with E-state index >= 15 is 0 Å². The van der Waals surface area contributed by atoms with Gasteiger partial charge in [0.25, 0.3) is 0 Å². The van der Waals surface area contributed by atoms with E-state index in [1.54, 1.807) is 0 Å². The van der Waals surface area contributed by atoms with Crippen LogP contribution < -0.4 is 5.30 Å². The zero-order valence-corrected chi connectivity index (χ0v) is 15.7. The highest BCUT2D eigenvalue weighted by Gasteiger charge is 2.31. The molecule has 4 heteroatoms. The lowest BCUT2D eigenvalue weighted by Crippen LogP contribution is -2.32. The Labute approximate surface area is 141 Å². The molecule has 0 fully saturated rings. The SMILES string of the molecule is C[C@@H]([C@@H](I)c1ccccc1)N(C)[P@](C)(=O)c1ccccc1. The molecule has 0 aromatic heterocycles. The minimum absolute atomic E-state index is 0.184. The number of likely N-dealkylation sites (N-methyl/N-ethyl adjacent to an activating group) is 1. The van der Waals surface area contributed by atoms with Crippen LogP contribution in [0.4, 0.5) is 0 Å². The van der Waals surface area contributed by atoms with Gasteiger partial charge in [0.05, 0.1) is 3.92 Å². The Bertz CT molecular complexity index is 617. The molecule has 0 saturated carbocycles. The van der Waals surface area contributed by atoms with Crippen molar-refractivity contribution in [2.75, 3.05) is 13.7 Å². The fourth-order valence-electron chi connectivity index (χ4n) is 2.34. The van der Waals surface area contributed by atoms with E-state index in [1.165, 1.54) is 5.56 Å². The van der Waals surface area contributed by atoms with Gasteiger partial charge in [-0.25, -0.2) is 4.67 Å². The van der Waals surface area contributed by atoms with Crippen molar-refractivity contribution < 1.29 is 4.57 Å². The van der Waals surface area contributed by atoms with Crippen LogP contribution in [-0.4, -0.2) is 24.4 Å². The van der Waals surface area contributed by atoms with Crippen LogP contribution >= 0.6 is 29.9 Å². The zero-order valence-electron chi connectivity index (χ0n) is 12.6. The maximum Gasteiger partial charge on any atom is 0.175 e. The number of alkyl halides is 1. The quantitative estimate of drug-likeness (QED) is 0.402. The Balaban J connectivity index is 2.23. The third-order valence-corrected chi connectivity index (χ3v) is 8.55. The van der Waals surface area contributed by atoms with Crippen LogP contribution in [-0.2, 0) is 4.57 Å². The van der Waals surface area contributed by atoms with Crippen molar-refractivity contribution in [1.82, 2.24) is 4.67 Å². The van der Waals surface area contributed by atoms with E-state index in [0.29, 0.717) is 3.92 Å². The van der Waals surface area contributed by atoms with Gasteiger partial charge in [-0.3, -0.25) is 0 Å². The van der Waals surface area contributed by atoms with Gasteiger partial charge < -0.3 is 4.57 Å². The molecular weight excluding hydrogens is 392 g/mol. The van der Waals surface area contributed by atoms with Gasteiger partial charge >= 0.3 is 0 Å². The van der Waals surface area contributed by atoms with Gasteiger partial charge in [-0.2, -0.15) is 0 Å². The van der Waals surface area contributed by atoms with Gasteiger partial charge in [0.15, 0.2) is 7.29 Å². The maximum absolute atomic E-state index is 13.2. The largest absolute Gasteiger partial charge is 0.302 e. The number of nitrogens with zero attached hydrogens (tertiary/aromatic N) is 1. The van der Waals surface area contributed by atoms with E-state index in [4.69, 9.17) is 0 Å². The Hall–Kier alpha value is -0.640. The Morgan fingerprint density at radius 1 is 1.00 bits per heavy atom. The van der Waals surface area contributed by atoms with Crippen molar-refractivity contribution in [3.05, 3.63) is 66.2 Å². The maximum atomic E-state index is 13.2. The number of halogens is 1. The van der Waals surface area contributed by atoms with Crippen LogP contribution in [0.3, 0.4) is 0 Å². The van der Waals surface area contributed by atoms with E-state index < -0.39 is 7.29 Å². The Morgan fingerprint density at radius 3 is 2.00 bits per heavy atom. The molecule has 3 atom stereocenters. The van der Waals surface area contributed by atoms with Gasteiger partial charge in [-0.15, -0.1) is 0 Å².